The third-order valence-corrected chi connectivity index (χ3v) is 5.91. The fourth-order valence-corrected chi connectivity index (χ4v) is 3.97. The second-order valence-electron chi connectivity index (χ2n) is 8.01. The molecule has 0 aromatic heterocycles. The number of nitrogens with zero attached hydrogens (tertiary/aromatic N) is 3. The summed E-state index contributed by atoms with van der Waals surface area (Å²) >= 11 is 0. The monoisotopic (exact) mass is 422 g/mol. The first-order chi connectivity index (χ1) is 14.8. The molecule has 2 aromatic rings. The van der Waals surface area contributed by atoms with Gasteiger partial charge in [0.15, 0.2) is 0 Å². The number of anilines is 2. The van der Waals surface area contributed by atoms with E-state index in [1.54, 1.807) is 12.1 Å². The van der Waals surface area contributed by atoms with Gasteiger partial charge in [0.2, 0.25) is 0 Å². The number of nitrogens with one attached hydrogen (secondary N) is 1. The molecule has 160 valence electrons. The van der Waals surface area contributed by atoms with Crippen LogP contribution in [0.3, 0.4) is 0 Å². The molecule has 31 heavy (non-hydrogen) atoms. The summed E-state index contributed by atoms with van der Waals surface area (Å²) in [5, 5.41) is 14.3. The number of nitro benzene ring substituents is 1. The Morgan fingerprint density at radius 3 is 2.42 bits per heavy atom. The van der Waals surface area contributed by atoms with Crippen LogP contribution in [-0.4, -0.2) is 47.7 Å². The summed E-state index contributed by atoms with van der Waals surface area (Å²) in [5.41, 5.74) is 1.36. The molecule has 2 aliphatic rings. The Morgan fingerprint density at radius 1 is 1.06 bits per heavy atom. The van der Waals surface area contributed by atoms with Gasteiger partial charge >= 0.3 is 0 Å². The van der Waals surface area contributed by atoms with Crippen LogP contribution >= 0.6 is 0 Å². The van der Waals surface area contributed by atoms with Gasteiger partial charge in [-0.3, -0.25) is 29.4 Å². The molecule has 1 saturated heterocycles. The predicted molar refractivity (Wildman–Crippen MR) is 115 cm³/mol. The van der Waals surface area contributed by atoms with Crippen LogP contribution in [0, 0.1) is 16.0 Å². The molecule has 2 aliphatic heterocycles. The van der Waals surface area contributed by atoms with Gasteiger partial charge in [-0.05, 0) is 49.1 Å². The van der Waals surface area contributed by atoms with Crippen LogP contribution in [0.5, 0.6) is 0 Å². The highest BCUT2D eigenvalue weighted by atomic mass is 16.6. The molecule has 0 unspecified atom stereocenters. The summed E-state index contributed by atoms with van der Waals surface area (Å²) in [4.78, 5) is 51.1. The molecule has 2 aromatic carbocycles. The first-order valence-corrected chi connectivity index (χ1v) is 10.1. The fraction of sp³-hybridized carbons (Fsp3) is 0.318. The van der Waals surface area contributed by atoms with E-state index in [9.17, 15) is 24.5 Å². The smallest absolute Gasteiger partial charge is 0.293 e. The Hall–Kier alpha value is -3.75. The first kappa shape index (κ1) is 20.5. The highest BCUT2D eigenvalue weighted by molar-refractivity contribution is 6.21. The molecule has 0 saturated carbocycles. The third-order valence-electron chi connectivity index (χ3n) is 5.91. The minimum Gasteiger partial charge on any atom is -0.366 e. The zero-order valence-electron chi connectivity index (χ0n) is 17.3. The number of fused-ring (bicyclic) bond motifs is 1. The van der Waals surface area contributed by atoms with Gasteiger partial charge < -0.3 is 10.2 Å². The standard InChI is InChI=1S/C22H22N4O5/c1-13-7-9-25(10-8-13)18-6-3-14(11-19(18)26(30)31)20(27)23-15-4-5-16-17(12-15)22(29)24(2)21(16)28/h3-6,11-13H,7-10H2,1-2H3,(H,23,27). The van der Waals surface area contributed by atoms with Crippen LogP contribution < -0.4 is 10.2 Å². The number of hydrogen-bond acceptors (Lipinski definition) is 6. The van der Waals surface area contributed by atoms with Gasteiger partial charge in [0, 0.05) is 37.5 Å². The topological polar surface area (TPSA) is 113 Å². The van der Waals surface area contributed by atoms with Crippen molar-refractivity contribution >= 4 is 34.8 Å². The molecule has 1 N–H and O–H groups in total. The second-order valence-corrected chi connectivity index (χ2v) is 8.01. The molecule has 4 rings (SSSR count). The predicted octanol–water partition coefficient (Wildman–Crippen LogP) is 3.31. The summed E-state index contributed by atoms with van der Waals surface area (Å²) in [6.07, 6.45) is 1.93. The second kappa shape index (κ2) is 7.82. The number of rotatable bonds is 4. The molecule has 1 fully saturated rings. The van der Waals surface area contributed by atoms with Crippen molar-refractivity contribution in [3.05, 3.63) is 63.2 Å². The Morgan fingerprint density at radius 2 is 1.74 bits per heavy atom. The quantitative estimate of drug-likeness (QED) is 0.459. The number of piperidine rings is 1. The normalized spacial score (nSPS) is 16.5. The zero-order chi connectivity index (χ0) is 22.3. The van der Waals surface area contributed by atoms with Crippen LogP contribution in [-0.2, 0) is 0 Å². The number of hydrogen-bond donors (Lipinski definition) is 1. The summed E-state index contributed by atoms with van der Waals surface area (Å²) in [5.74, 6) is -0.773. The fourth-order valence-electron chi connectivity index (χ4n) is 3.97. The van der Waals surface area contributed by atoms with Crippen LogP contribution in [0.4, 0.5) is 17.1 Å². The molecular formula is C22H22N4O5. The summed E-state index contributed by atoms with van der Waals surface area (Å²) < 4.78 is 0. The molecule has 2 heterocycles. The Kier molecular flexibility index (Phi) is 5.18. The van der Waals surface area contributed by atoms with E-state index in [0.29, 0.717) is 17.3 Å². The van der Waals surface area contributed by atoms with E-state index in [1.165, 1.54) is 31.3 Å². The van der Waals surface area contributed by atoms with E-state index in [4.69, 9.17) is 0 Å². The van der Waals surface area contributed by atoms with Gasteiger partial charge in [0.05, 0.1) is 16.1 Å². The minimum absolute atomic E-state index is 0.112. The first-order valence-electron chi connectivity index (χ1n) is 10.1. The minimum atomic E-state index is -0.535. The maximum atomic E-state index is 12.7. The van der Waals surface area contributed by atoms with Crippen LogP contribution in [0.25, 0.3) is 0 Å². The van der Waals surface area contributed by atoms with Crippen molar-refractivity contribution in [3.8, 4) is 0 Å². The molecule has 9 heteroatoms. The van der Waals surface area contributed by atoms with E-state index >= 15 is 0 Å². The number of amides is 3. The molecule has 9 nitrogen and oxygen atoms in total. The van der Waals surface area contributed by atoms with E-state index in [1.807, 2.05) is 4.90 Å². The summed E-state index contributed by atoms with van der Waals surface area (Å²) in [7, 11) is 1.40. The molecule has 3 amide bonds. The van der Waals surface area contributed by atoms with Gasteiger partial charge in [0.1, 0.15) is 5.69 Å². The number of benzene rings is 2. The van der Waals surface area contributed by atoms with Crippen molar-refractivity contribution in [2.45, 2.75) is 19.8 Å². The van der Waals surface area contributed by atoms with Crippen molar-refractivity contribution < 1.29 is 19.3 Å². The lowest BCUT2D eigenvalue weighted by Crippen LogP contribution is -2.33. The van der Waals surface area contributed by atoms with Gasteiger partial charge in [-0.25, -0.2) is 0 Å². The van der Waals surface area contributed by atoms with Crippen molar-refractivity contribution in [3.63, 3.8) is 0 Å². The Bertz CT molecular complexity index is 1110. The van der Waals surface area contributed by atoms with Crippen molar-refractivity contribution in [2.24, 2.45) is 5.92 Å². The lowest BCUT2D eigenvalue weighted by Gasteiger charge is -2.31. The van der Waals surface area contributed by atoms with E-state index in [2.05, 4.69) is 12.2 Å². The number of carbonyl (C=O) groups excluding carboxylic acids is 3. The van der Waals surface area contributed by atoms with E-state index in [-0.39, 0.29) is 22.4 Å². The van der Waals surface area contributed by atoms with Crippen LogP contribution in [0.2, 0.25) is 0 Å². The molecule has 0 radical (unpaired) electrons. The van der Waals surface area contributed by atoms with Gasteiger partial charge in [-0.2, -0.15) is 0 Å². The van der Waals surface area contributed by atoms with Crippen LogP contribution in [0.1, 0.15) is 50.8 Å². The molecule has 0 bridgehead atoms. The van der Waals surface area contributed by atoms with Gasteiger partial charge in [-0.15, -0.1) is 0 Å². The SMILES string of the molecule is CC1CCN(c2ccc(C(=O)Nc3ccc4c(c3)C(=O)N(C)C4=O)cc2[N+](=O)[O-])CC1. The molecule has 0 spiro atoms. The maximum Gasteiger partial charge on any atom is 0.293 e. The summed E-state index contributed by atoms with van der Waals surface area (Å²) in [6.45, 7) is 3.65. The zero-order valence-corrected chi connectivity index (χ0v) is 17.3. The Labute approximate surface area is 178 Å². The van der Waals surface area contributed by atoms with Crippen molar-refractivity contribution in [1.82, 2.24) is 4.90 Å². The average molecular weight is 422 g/mol. The number of nitro groups is 1. The van der Waals surface area contributed by atoms with Gasteiger partial charge in [0.25, 0.3) is 23.4 Å². The highest BCUT2D eigenvalue weighted by Gasteiger charge is 2.33. The lowest BCUT2D eigenvalue weighted by atomic mass is 9.98. The van der Waals surface area contributed by atoms with E-state index < -0.39 is 22.6 Å². The largest absolute Gasteiger partial charge is 0.366 e. The molecule has 0 aliphatic carbocycles. The van der Waals surface area contributed by atoms with Crippen molar-refractivity contribution in [1.29, 1.82) is 0 Å². The number of imide groups is 1. The van der Waals surface area contributed by atoms with Crippen molar-refractivity contribution in [2.75, 3.05) is 30.4 Å². The Balaban J connectivity index is 1.57. The maximum absolute atomic E-state index is 12.7. The highest BCUT2D eigenvalue weighted by Crippen LogP contribution is 2.33. The third kappa shape index (κ3) is 3.74. The summed E-state index contributed by atoms with van der Waals surface area (Å²) in [6, 6.07) is 8.90. The van der Waals surface area contributed by atoms with Gasteiger partial charge in [-0.1, -0.05) is 6.92 Å². The average Bonchev–Trinajstić information content (AvgIpc) is 2.97. The van der Waals surface area contributed by atoms with E-state index in [0.717, 1.165) is 30.8 Å². The lowest BCUT2D eigenvalue weighted by molar-refractivity contribution is -0.384. The number of carbonyl (C=O) groups is 3. The van der Waals surface area contributed by atoms with Crippen LogP contribution in [0.15, 0.2) is 36.4 Å². The molecular weight excluding hydrogens is 400 g/mol. The molecule has 0 atom stereocenters.